The number of aromatic amines is 1. The molecule has 0 unspecified atom stereocenters. The number of alkyl halides is 5. The van der Waals surface area contributed by atoms with Gasteiger partial charge in [0.05, 0.1) is 18.5 Å². The maximum atomic E-state index is 12.9. The molecule has 0 bridgehead atoms. The Hall–Kier alpha value is -3.91. The van der Waals surface area contributed by atoms with E-state index in [4.69, 9.17) is 4.74 Å². The van der Waals surface area contributed by atoms with Gasteiger partial charge in [0.15, 0.2) is 0 Å². The maximum absolute atomic E-state index is 12.9. The van der Waals surface area contributed by atoms with Crippen molar-refractivity contribution in [3.63, 3.8) is 0 Å². The standard InChI is InChI=1S/C23H18F5N3O3/c1-22(24,25)34-12-11-33-18-9-8-16(21-29-14-19(31-21)23(26,27)28)13-17(18)30-20(32)10-7-15-5-3-2-4-6-15/h2-6,8-9,13-14H,11-12H2,1H3,(H,29,31)(H,30,32). The van der Waals surface area contributed by atoms with E-state index in [0.717, 1.165) is 0 Å². The number of halogens is 5. The number of amides is 1. The Morgan fingerprint density at radius 2 is 1.82 bits per heavy atom. The van der Waals surface area contributed by atoms with Gasteiger partial charge in [-0.2, -0.15) is 22.0 Å². The summed E-state index contributed by atoms with van der Waals surface area (Å²) < 4.78 is 74.0. The number of hydrogen-bond donors (Lipinski definition) is 2. The van der Waals surface area contributed by atoms with Gasteiger partial charge in [0.25, 0.3) is 0 Å². The van der Waals surface area contributed by atoms with Crippen molar-refractivity contribution in [2.75, 3.05) is 18.5 Å². The summed E-state index contributed by atoms with van der Waals surface area (Å²) in [5.74, 6) is 4.31. The van der Waals surface area contributed by atoms with Crippen LogP contribution < -0.4 is 10.1 Å². The molecule has 6 nitrogen and oxygen atoms in total. The minimum Gasteiger partial charge on any atom is -0.489 e. The fraction of sp³-hybridized carbons (Fsp3) is 0.217. The molecule has 11 heteroatoms. The lowest BCUT2D eigenvalue weighted by Crippen LogP contribution is -2.20. The van der Waals surface area contributed by atoms with E-state index in [2.05, 4.69) is 31.9 Å². The average molecular weight is 479 g/mol. The molecule has 1 heterocycles. The summed E-state index contributed by atoms with van der Waals surface area (Å²) in [7, 11) is 0. The van der Waals surface area contributed by atoms with Gasteiger partial charge in [-0.3, -0.25) is 4.79 Å². The van der Waals surface area contributed by atoms with Crippen LogP contribution in [0.2, 0.25) is 0 Å². The number of H-pyrrole nitrogens is 1. The van der Waals surface area contributed by atoms with Crippen molar-refractivity contribution in [1.82, 2.24) is 9.97 Å². The molecule has 2 N–H and O–H groups in total. The van der Waals surface area contributed by atoms with Crippen molar-refractivity contribution < 1.29 is 36.2 Å². The van der Waals surface area contributed by atoms with Crippen molar-refractivity contribution >= 4 is 11.6 Å². The van der Waals surface area contributed by atoms with Crippen LogP contribution in [0.25, 0.3) is 11.4 Å². The first-order valence-electron chi connectivity index (χ1n) is 9.80. The number of hydrogen-bond acceptors (Lipinski definition) is 4. The van der Waals surface area contributed by atoms with Crippen molar-refractivity contribution in [3.8, 4) is 29.0 Å². The lowest BCUT2D eigenvalue weighted by atomic mass is 10.1. The summed E-state index contributed by atoms with van der Waals surface area (Å²) in [6.07, 6.45) is -7.31. The molecule has 1 aromatic heterocycles. The topological polar surface area (TPSA) is 76.2 Å². The van der Waals surface area contributed by atoms with Gasteiger partial charge in [-0.05, 0) is 30.3 Å². The van der Waals surface area contributed by atoms with Crippen LogP contribution >= 0.6 is 0 Å². The quantitative estimate of drug-likeness (QED) is 0.281. The lowest BCUT2D eigenvalue weighted by Gasteiger charge is -2.15. The van der Waals surface area contributed by atoms with Crippen molar-refractivity contribution in [1.29, 1.82) is 0 Å². The normalized spacial score (nSPS) is 11.5. The summed E-state index contributed by atoms with van der Waals surface area (Å²) in [6, 6.07) is 12.8. The Kier molecular flexibility index (Phi) is 7.53. The first kappa shape index (κ1) is 24.7. The highest BCUT2D eigenvalue weighted by Crippen LogP contribution is 2.33. The molecule has 0 aliphatic heterocycles. The molecule has 3 rings (SSSR count). The molecule has 3 aromatic rings. The predicted molar refractivity (Wildman–Crippen MR) is 113 cm³/mol. The third-order valence-electron chi connectivity index (χ3n) is 4.17. The summed E-state index contributed by atoms with van der Waals surface area (Å²) in [5, 5.41) is 2.49. The van der Waals surface area contributed by atoms with E-state index < -0.39 is 30.5 Å². The van der Waals surface area contributed by atoms with Crippen LogP contribution in [0.15, 0.2) is 54.7 Å². The van der Waals surface area contributed by atoms with Crippen LogP contribution in [0.4, 0.5) is 27.6 Å². The summed E-state index contributed by atoms with van der Waals surface area (Å²) in [6.45, 7) is -0.142. The van der Waals surface area contributed by atoms with Crippen LogP contribution in [-0.4, -0.2) is 35.2 Å². The number of nitrogens with zero attached hydrogens (tertiary/aromatic N) is 1. The summed E-state index contributed by atoms with van der Waals surface area (Å²) >= 11 is 0. The zero-order valence-electron chi connectivity index (χ0n) is 17.7. The zero-order valence-corrected chi connectivity index (χ0v) is 17.7. The van der Waals surface area contributed by atoms with Crippen molar-refractivity contribution in [2.45, 2.75) is 19.2 Å². The summed E-state index contributed by atoms with van der Waals surface area (Å²) in [4.78, 5) is 18.2. The van der Waals surface area contributed by atoms with Gasteiger partial charge in [-0.15, -0.1) is 0 Å². The third kappa shape index (κ3) is 7.31. The van der Waals surface area contributed by atoms with Crippen LogP contribution in [-0.2, 0) is 15.7 Å². The molecule has 0 aliphatic rings. The largest absolute Gasteiger partial charge is 0.489 e. The molecule has 178 valence electrons. The SMILES string of the molecule is CC(F)(F)OCCOc1ccc(-c2ncc(C(F)(F)F)[nH]2)cc1NC(=O)C#Cc1ccccc1. The molecule has 0 atom stereocenters. The molecular formula is C23H18F5N3O3. The van der Waals surface area contributed by atoms with Crippen LogP contribution in [0.5, 0.6) is 5.75 Å². The highest BCUT2D eigenvalue weighted by Gasteiger charge is 2.33. The molecule has 34 heavy (non-hydrogen) atoms. The smallest absolute Gasteiger partial charge is 0.432 e. The van der Waals surface area contributed by atoms with Crippen LogP contribution in [0, 0.1) is 11.8 Å². The average Bonchev–Trinajstić information content (AvgIpc) is 3.27. The minimum absolute atomic E-state index is 0.0538. The Morgan fingerprint density at radius 1 is 1.09 bits per heavy atom. The number of aromatic nitrogens is 2. The van der Waals surface area contributed by atoms with E-state index in [1.807, 2.05) is 0 Å². The molecule has 1 amide bonds. The van der Waals surface area contributed by atoms with Gasteiger partial charge in [0.1, 0.15) is 23.9 Å². The lowest BCUT2D eigenvalue weighted by molar-refractivity contribution is -0.226. The molecular weight excluding hydrogens is 461 g/mol. The highest BCUT2D eigenvalue weighted by molar-refractivity contribution is 6.05. The van der Waals surface area contributed by atoms with Gasteiger partial charge in [-0.1, -0.05) is 24.1 Å². The number of anilines is 1. The van der Waals surface area contributed by atoms with E-state index in [9.17, 15) is 26.7 Å². The first-order chi connectivity index (χ1) is 16.0. The second-order valence-electron chi connectivity index (χ2n) is 6.93. The number of imidazole rings is 1. The fourth-order valence-electron chi connectivity index (χ4n) is 2.69. The Labute approximate surface area is 191 Å². The number of rotatable bonds is 7. The minimum atomic E-state index is -4.61. The van der Waals surface area contributed by atoms with Gasteiger partial charge in [0, 0.05) is 24.0 Å². The molecule has 0 saturated heterocycles. The van der Waals surface area contributed by atoms with E-state index in [-0.39, 0.29) is 29.4 Å². The fourth-order valence-corrected chi connectivity index (χ4v) is 2.69. The molecule has 0 saturated carbocycles. The first-order valence-corrected chi connectivity index (χ1v) is 9.80. The van der Waals surface area contributed by atoms with Crippen LogP contribution in [0.3, 0.4) is 0 Å². The predicted octanol–water partition coefficient (Wildman–Crippen LogP) is 5.09. The van der Waals surface area contributed by atoms with Gasteiger partial charge < -0.3 is 19.8 Å². The van der Waals surface area contributed by atoms with Gasteiger partial charge in [-0.25, -0.2) is 4.98 Å². The van der Waals surface area contributed by atoms with Gasteiger partial charge in [0.2, 0.25) is 0 Å². The Morgan fingerprint density at radius 3 is 2.47 bits per heavy atom. The number of carbonyl (C=O) groups is 1. The monoisotopic (exact) mass is 479 g/mol. The molecule has 0 spiro atoms. The number of benzene rings is 2. The van der Waals surface area contributed by atoms with E-state index >= 15 is 0 Å². The summed E-state index contributed by atoms with van der Waals surface area (Å²) in [5.41, 5.74) is -0.181. The highest BCUT2D eigenvalue weighted by atomic mass is 19.4. The zero-order chi connectivity index (χ0) is 24.8. The molecule has 2 aromatic carbocycles. The van der Waals surface area contributed by atoms with E-state index in [0.29, 0.717) is 18.7 Å². The van der Waals surface area contributed by atoms with E-state index in [1.165, 1.54) is 18.2 Å². The Balaban J connectivity index is 1.83. The number of nitrogens with one attached hydrogen (secondary N) is 2. The molecule has 0 fully saturated rings. The van der Waals surface area contributed by atoms with Crippen molar-refractivity contribution in [2.24, 2.45) is 0 Å². The number of carbonyl (C=O) groups excluding carboxylic acids is 1. The van der Waals surface area contributed by atoms with Crippen molar-refractivity contribution in [3.05, 3.63) is 66.0 Å². The maximum Gasteiger partial charge on any atom is 0.432 e. The Bertz CT molecular complexity index is 1190. The molecule has 0 radical (unpaired) electrons. The molecule has 0 aliphatic carbocycles. The number of ether oxygens (including phenoxy) is 2. The second kappa shape index (κ2) is 10.4. The van der Waals surface area contributed by atoms with Gasteiger partial charge >= 0.3 is 18.2 Å². The third-order valence-corrected chi connectivity index (χ3v) is 4.17. The van der Waals surface area contributed by atoms with Crippen LogP contribution in [0.1, 0.15) is 18.2 Å². The second-order valence-corrected chi connectivity index (χ2v) is 6.93. The van der Waals surface area contributed by atoms with E-state index in [1.54, 1.807) is 30.3 Å².